The zero-order chi connectivity index (χ0) is 13.4. The summed E-state index contributed by atoms with van der Waals surface area (Å²) >= 11 is 8.43. The smallest absolute Gasteiger partial charge is 0.0447 e. The third-order valence-corrected chi connectivity index (χ3v) is 5.23. The van der Waals surface area contributed by atoms with Gasteiger partial charge in [0.05, 0.1) is 0 Å². The predicted octanol–water partition coefficient (Wildman–Crippen LogP) is 5.73. The van der Waals surface area contributed by atoms with Crippen LogP contribution in [0.1, 0.15) is 36.5 Å². The molecule has 0 fully saturated rings. The minimum atomic E-state index is 0.398. The highest BCUT2D eigenvalue weighted by Crippen LogP contribution is 2.46. The Kier molecular flexibility index (Phi) is 3.60. The van der Waals surface area contributed by atoms with Gasteiger partial charge in [-0.1, -0.05) is 55.8 Å². The van der Waals surface area contributed by atoms with Crippen molar-refractivity contribution in [1.82, 2.24) is 0 Å². The van der Waals surface area contributed by atoms with E-state index in [2.05, 4.69) is 50.2 Å². The fraction of sp³-hybridized carbons (Fsp3) is 0.294. The molecule has 3 rings (SSSR count). The van der Waals surface area contributed by atoms with E-state index >= 15 is 0 Å². The van der Waals surface area contributed by atoms with Gasteiger partial charge in [-0.3, -0.25) is 0 Å². The molecule has 0 nitrogen and oxygen atoms in total. The normalized spacial score (nSPS) is 17.8. The van der Waals surface area contributed by atoms with Crippen molar-refractivity contribution in [3.63, 3.8) is 0 Å². The second-order valence-electron chi connectivity index (χ2n) is 5.36. The maximum atomic E-state index is 6.51. The molecule has 1 aliphatic rings. The van der Waals surface area contributed by atoms with Gasteiger partial charge in [0.25, 0.3) is 0 Å². The highest BCUT2D eigenvalue weighted by atomic mass is 35.5. The first-order chi connectivity index (χ1) is 9.18. The van der Waals surface area contributed by atoms with Crippen molar-refractivity contribution >= 4 is 23.4 Å². The molecule has 1 atom stereocenters. The van der Waals surface area contributed by atoms with E-state index in [4.69, 9.17) is 11.6 Å². The summed E-state index contributed by atoms with van der Waals surface area (Å²) in [6, 6.07) is 15.1. The van der Waals surface area contributed by atoms with Crippen molar-refractivity contribution in [3.05, 3.63) is 64.2 Å². The molecule has 0 saturated carbocycles. The van der Waals surface area contributed by atoms with Crippen molar-refractivity contribution in [3.8, 4) is 0 Å². The maximum absolute atomic E-state index is 6.51. The molecule has 0 saturated heterocycles. The lowest BCUT2D eigenvalue weighted by Crippen LogP contribution is -2.10. The van der Waals surface area contributed by atoms with E-state index in [1.165, 1.54) is 21.6 Å². The molecular weight excluding hydrogens is 272 g/mol. The summed E-state index contributed by atoms with van der Waals surface area (Å²) in [5.41, 5.74) is 4.14. The summed E-state index contributed by atoms with van der Waals surface area (Å²) in [6.07, 6.45) is 0. The molecule has 0 aromatic heterocycles. The Morgan fingerprint density at radius 3 is 2.68 bits per heavy atom. The minimum absolute atomic E-state index is 0.398. The molecule has 2 aromatic carbocycles. The lowest BCUT2D eigenvalue weighted by atomic mass is 9.81. The molecule has 0 N–H and O–H groups in total. The van der Waals surface area contributed by atoms with Crippen LogP contribution in [0.3, 0.4) is 0 Å². The summed E-state index contributed by atoms with van der Waals surface area (Å²) in [5.74, 6) is 1.95. The Hall–Kier alpha value is -0.920. The van der Waals surface area contributed by atoms with Crippen LogP contribution < -0.4 is 0 Å². The van der Waals surface area contributed by atoms with E-state index in [0.717, 1.165) is 10.8 Å². The maximum Gasteiger partial charge on any atom is 0.0447 e. The number of fused-ring (bicyclic) bond motifs is 2. The van der Waals surface area contributed by atoms with Gasteiger partial charge in [-0.25, -0.2) is 0 Å². The molecule has 2 heteroatoms. The molecule has 0 amide bonds. The van der Waals surface area contributed by atoms with Crippen LogP contribution in [0.15, 0.2) is 47.4 Å². The predicted molar refractivity (Wildman–Crippen MR) is 84.1 cm³/mol. The van der Waals surface area contributed by atoms with Crippen LogP contribution >= 0.6 is 23.4 Å². The van der Waals surface area contributed by atoms with E-state index < -0.39 is 0 Å². The summed E-state index contributed by atoms with van der Waals surface area (Å²) in [7, 11) is 0. The zero-order valence-electron chi connectivity index (χ0n) is 11.2. The van der Waals surface area contributed by atoms with Crippen LogP contribution in [-0.2, 0) is 5.75 Å². The van der Waals surface area contributed by atoms with Crippen LogP contribution in [0.2, 0.25) is 5.02 Å². The van der Waals surface area contributed by atoms with E-state index in [-0.39, 0.29) is 0 Å². The number of benzene rings is 2. The molecule has 2 aromatic rings. The summed E-state index contributed by atoms with van der Waals surface area (Å²) in [4.78, 5) is 1.40. The number of rotatable bonds is 1. The van der Waals surface area contributed by atoms with Crippen molar-refractivity contribution in [2.24, 2.45) is 5.92 Å². The van der Waals surface area contributed by atoms with E-state index in [9.17, 15) is 0 Å². The van der Waals surface area contributed by atoms with Crippen molar-refractivity contribution in [2.75, 3.05) is 0 Å². The molecule has 1 unspecified atom stereocenters. The van der Waals surface area contributed by atoms with Gasteiger partial charge in [0.2, 0.25) is 0 Å². The van der Waals surface area contributed by atoms with Crippen molar-refractivity contribution in [2.45, 2.75) is 30.4 Å². The summed E-state index contributed by atoms with van der Waals surface area (Å²) in [6.45, 7) is 4.56. The topological polar surface area (TPSA) is 0 Å². The lowest BCUT2D eigenvalue weighted by molar-refractivity contribution is 0.556. The fourth-order valence-corrected chi connectivity index (χ4v) is 4.34. The van der Waals surface area contributed by atoms with Gasteiger partial charge in [0, 0.05) is 21.6 Å². The van der Waals surface area contributed by atoms with Crippen LogP contribution in [0.4, 0.5) is 0 Å². The first-order valence-corrected chi connectivity index (χ1v) is 8.04. The molecular formula is C17H17ClS. The Morgan fingerprint density at radius 2 is 1.89 bits per heavy atom. The SMILES string of the molecule is CC(C)C1c2ccccc2SCc2cccc(Cl)c21. The molecule has 98 valence electrons. The van der Waals surface area contributed by atoms with E-state index in [1.807, 2.05) is 17.8 Å². The molecule has 0 aliphatic carbocycles. The third kappa shape index (κ3) is 2.30. The standard InChI is InChI=1S/C17H17ClS/c1-11(2)16-13-7-3-4-9-15(13)19-10-12-6-5-8-14(18)17(12)16/h3-9,11,16H,10H2,1-2H3. The summed E-state index contributed by atoms with van der Waals surface area (Å²) < 4.78 is 0. The van der Waals surface area contributed by atoms with Gasteiger partial charge >= 0.3 is 0 Å². The number of hydrogen-bond donors (Lipinski definition) is 0. The molecule has 0 radical (unpaired) electrons. The highest BCUT2D eigenvalue weighted by Gasteiger charge is 2.27. The Labute approximate surface area is 124 Å². The van der Waals surface area contributed by atoms with E-state index in [1.54, 1.807) is 0 Å². The second kappa shape index (κ2) is 5.22. The molecule has 19 heavy (non-hydrogen) atoms. The van der Waals surface area contributed by atoms with Gasteiger partial charge in [-0.15, -0.1) is 11.8 Å². The minimum Gasteiger partial charge on any atom is -0.121 e. The lowest BCUT2D eigenvalue weighted by Gasteiger charge is -2.24. The molecule has 0 spiro atoms. The molecule has 1 aliphatic heterocycles. The zero-order valence-corrected chi connectivity index (χ0v) is 12.8. The van der Waals surface area contributed by atoms with Crippen LogP contribution in [0.5, 0.6) is 0 Å². The largest absolute Gasteiger partial charge is 0.121 e. The third-order valence-electron chi connectivity index (χ3n) is 3.76. The van der Waals surface area contributed by atoms with Crippen molar-refractivity contribution in [1.29, 1.82) is 0 Å². The first kappa shape index (κ1) is 13.1. The van der Waals surface area contributed by atoms with Gasteiger partial charge in [0.15, 0.2) is 0 Å². The first-order valence-electron chi connectivity index (χ1n) is 6.67. The van der Waals surface area contributed by atoms with Crippen molar-refractivity contribution < 1.29 is 0 Å². The summed E-state index contributed by atoms with van der Waals surface area (Å²) in [5, 5.41) is 0.911. The van der Waals surface area contributed by atoms with E-state index in [0.29, 0.717) is 11.8 Å². The molecule has 0 bridgehead atoms. The highest BCUT2D eigenvalue weighted by molar-refractivity contribution is 7.98. The van der Waals surface area contributed by atoms with Crippen LogP contribution in [0, 0.1) is 5.92 Å². The molecule has 1 heterocycles. The Balaban J connectivity index is 2.26. The Morgan fingerprint density at radius 1 is 1.11 bits per heavy atom. The van der Waals surface area contributed by atoms with Gasteiger partial charge in [-0.2, -0.15) is 0 Å². The number of thioether (sulfide) groups is 1. The quantitative estimate of drug-likeness (QED) is 0.645. The van der Waals surface area contributed by atoms with Crippen LogP contribution in [-0.4, -0.2) is 0 Å². The monoisotopic (exact) mass is 288 g/mol. The number of halogens is 1. The van der Waals surface area contributed by atoms with Gasteiger partial charge in [-0.05, 0) is 34.7 Å². The van der Waals surface area contributed by atoms with Gasteiger partial charge in [0.1, 0.15) is 0 Å². The number of hydrogen-bond acceptors (Lipinski definition) is 1. The van der Waals surface area contributed by atoms with Gasteiger partial charge < -0.3 is 0 Å². The fourth-order valence-electron chi connectivity index (χ4n) is 2.93. The Bertz CT molecular complexity index is 604. The average molecular weight is 289 g/mol. The average Bonchev–Trinajstić information content (AvgIpc) is 2.56. The second-order valence-corrected chi connectivity index (χ2v) is 6.79. The van der Waals surface area contributed by atoms with Crippen LogP contribution in [0.25, 0.3) is 0 Å².